The van der Waals surface area contributed by atoms with Gasteiger partial charge in [0.05, 0.1) is 12.7 Å². The van der Waals surface area contributed by atoms with E-state index in [-0.39, 0.29) is 11.4 Å². The van der Waals surface area contributed by atoms with E-state index < -0.39 is 5.60 Å². The number of hydrogen-bond acceptors (Lipinski definition) is 5. The van der Waals surface area contributed by atoms with E-state index >= 15 is 0 Å². The van der Waals surface area contributed by atoms with Gasteiger partial charge in [-0.1, -0.05) is 13.8 Å². The zero-order valence-corrected chi connectivity index (χ0v) is 18.9. The monoisotopic (exact) mass is 417 g/mol. The summed E-state index contributed by atoms with van der Waals surface area (Å²) in [6.45, 7) is 5.33. The van der Waals surface area contributed by atoms with Crippen LogP contribution in [0.15, 0.2) is 11.6 Å². The second-order valence-corrected chi connectivity index (χ2v) is 11.5. The van der Waals surface area contributed by atoms with Crippen molar-refractivity contribution >= 4 is 5.97 Å². The molecule has 5 heteroatoms. The summed E-state index contributed by atoms with van der Waals surface area (Å²) in [4.78, 5) is 16.7. The molecule has 2 N–H and O–H groups in total. The van der Waals surface area contributed by atoms with Gasteiger partial charge in [-0.25, -0.2) is 4.79 Å². The van der Waals surface area contributed by atoms with Crippen molar-refractivity contribution in [3.63, 3.8) is 0 Å². The molecule has 0 radical (unpaired) electrons. The molecule has 1 aliphatic heterocycles. The topological polar surface area (TPSA) is 67.8 Å². The summed E-state index contributed by atoms with van der Waals surface area (Å²) in [5, 5.41) is 12.3. The summed E-state index contributed by atoms with van der Waals surface area (Å²) in [5.74, 6) is 2.04. The van der Waals surface area contributed by atoms with Crippen LogP contribution in [0, 0.1) is 34.5 Å². The maximum absolute atomic E-state index is 12.3. The zero-order valence-electron chi connectivity index (χ0n) is 18.9. The lowest BCUT2D eigenvalue weighted by molar-refractivity contribution is -0.208. The van der Waals surface area contributed by atoms with Gasteiger partial charge in [-0.05, 0) is 104 Å². The van der Waals surface area contributed by atoms with Crippen LogP contribution < -0.4 is 5.48 Å². The van der Waals surface area contributed by atoms with Crippen LogP contribution in [0.1, 0.15) is 78.1 Å². The molecule has 0 bridgehead atoms. The van der Waals surface area contributed by atoms with Crippen molar-refractivity contribution in [1.82, 2.24) is 5.48 Å². The molecule has 168 valence electrons. The fourth-order valence-corrected chi connectivity index (χ4v) is 8.79. The number of fused-ring (bicyclic) bond motifs is 5. The quantitative estimate of drug-likeness (QED) is 0.531. The molecular weight excluding hydrogens is 378 g/mol. The van der Waals surface area contributed by atoms with Crippen molar-refractivity contribution in [2.75, 3.05) is 13.7 Å². The SMILES string of the molecule is CON[C@H]1CC[C@@]2(C)C(CCC3C2CC[C@]2(C)C(CC4=CC(=O)OC4)CC[C@]32O)C1. The summed E-state index contributed by atoms with van der Waals surface area (Å²) in [6, 6.07) is 0.474. The summed E-state index contributed by atoms with van der Waals surface area (Å²) in [7, 11) is 1.72. The molecular formula is C25H39NO4. The van der Waals surface area contributed by atoms with E-state index in [9.17, 15) is 9.90 Å². The maximum Gasteiger partial charge on any atom is 0.331 e. The third kappa shape index (κ3) is 2.95. The number of nitrogens with one attached hydrogen (secondary N) is 1. The number of esters is 1. The highest BCUT2D eigenvalue weighted by molar-refractivity contribution is 5.85. The first kappa shape index (κ1) is 21.0. The fraction of sp³-hybridized carbons (Fsp3) is 0.880. The van der Waals surface area contributed by atoms with Gasteiger partial charge in [-0.3, -0.25) is 0 Å². The van der Waals surface area contributed by atoms with Crippen LogP contribution in [0.2, 0.25) is 0 Å². The fourth-order valence-electron chi connectivity index (χ4n) is 8.79. The molecule has 0 aromatic carbocycles. The highest BCUT2D eigenvalue weighted by atomic mass is 16.6. The number of aliphatic hydroxyl groups is 1. The minimum absolute atomic E-state index is 0.0430. The number of ether oxygens (including phenoxy) is 1. The number of rotatable bonds is 4. The van der Waals surface area contributed by atoms with Gasteiger partial charge < -0.3 is 14.7 Å². The second-order valence-electron chi connectivity index (χ2n) is 11.5. The van der Waals surface area contributed by atoms with Crippen LogP contribution in [0.3, 0.4) is 0 Å². The molecule has 0 aromatic rings. The molecule has 0 saturated heterocycles. The molecule has 0 aromatic heterocycles. The van der Waals surface area contributed by atoms with E-state index in [0.717, 1.165) is 43.6 Å². The predicted octanol–water partition coefficient (Wildman–Crippen LogP) is 4.15. The molecule has 1 heterocycles. The molecule has 30 heavy (non-hydrogen) atoms. The van der Waals surface area contributed by atoms with Gasteiger partial charge in [0.2, 0.25) is 0 Å². The zero-order chi connectivity index (χ0) is 21.1. The Kier molecular flexibility index (Phi) is 5.11. The molecule has 0 spiro atoms. The Morgan fingerprint density at radius 2 is 1.97 bits per heavy atom. The van der Waals surface area contributed by atoms with E-state index in [0.29, 0.717) is 35.8 Å². The van der Waals surface area contributed by atoms with Crippen LogP contribution in [0.5, 0.6) is 0 Å². The predicted molar refractivity (Wildman–Crippen MR) is 114 cm³/mol. The number of carbonyl (C=O) groups is 1. The minimum atomic E-state index is -0.555. The Morgan fingerprint density at radius 3 is 2.70 bits per heavy atom. The number of cyclic esters (lactones) is 1. The van der Waals surface area contributed by atoms with Gasteiger partial charge in [0, 0.05) is 12.1 Å². The number of hydroxylamine groups is 1. The highest BCUT2D eigenvalue weighted by Gasteiger charge is 2.67. The van der Waals surface area contributed by atoms with E-state index in [1.165, 1.54) is 32.1 Å². The average molecular weight is 418 g/mol. The minimum Gasteiger partial charge on any atom is -0.458 e. The van der Waals surface area contributed by atoms with Crippen molar-refractivity contribution in [3.05, 3.63) is 11.6 Å². The van der Waals surface area contributed by atoms with Crippen LogP contribution in [-0.4, -0.2) is 36.4 Å². The Labute approximate surface area is 180 Å². The Bertz CT molecular complexity index is 737. The summed E-state index contributed by atoms with van der Waals surface area (Å²) >= 11 is 0. The highest BCUT2D eigenvalue weighted by Crippen LogP contribution is 2.69. The van der Waals surface area contributed by atoms with E-state index in [2.05, 4.69) is 19.3 Å². The molecule has 8 atom stereocenters. The van der Waals surface area contributed by atoms with Crippen molar-refractivity contribution in [3.8, 4) is 0 Å². The Morgan fingerprint density at radius 1 is 1.13 bits per heavy atom. The molecule has 4 saturated carbocycles. The molecule has 5 nitrogen and oxygen atoms in total. The first-order valence-electron chi connectivity index (χ1n) is 12.2. The molecule has 4 unspecified atom stereocenters. The van der Waals surface area contributed by atoms with Crippen molar-refractivity contribution < 1.29 is 19.5 Å². The van der Waals surface area contributed by atoms with Gasteiger partial charge in [-0.15, -0.1) is 0 Å². The van der Waals surface area contributed by atoms with E-state index in [1.54, 1.807) is 13.2 Å². The number of hydrogen-bond donors (Lipinski definition) is 2. The maximum atomic E-state index is 12.3. The van der Waals surface area contributed by atoms with Crippen LogP contribution >= 0.6 is 0 Å². The van der Waals surface area contributed by atoms with Gasteiger partial charge in [0.25, 0.3) is 0 Å². The smallest absolute Gasteiger partial charge is 0.331 e. The second kappa shape index (κ2) is 7.31. The largest absolute Gasteiger partial charge is 0.458 e. The van der Waals surface area contributed by atoms with E-state index in [1.807, 2.05) is 0 Å². The van der Waals surface area contributed by atoms with Crippen molar-refractivity contribution in [2.45, 2.75) is 89.7 Å². The lowest BCUT2D eigenvalue weighted by Crippen LogP contribution is -2.62. The first-order chi connectivity index (χ1) is 14.3. The van der Waals surface area contributed by atoms with Crippen molar-refractivity contribution in [1.29, 1.82) is 0 Å². The van der Waals surface area contributed by atoms with Gasteiger partial charge in [0.1, 0.15) is 6.61 Å². The Balaban J connectivity index is 1.36. The first-order valence-corrected chi connectivity index (χ1v) is 12.2. The van der Waals surface area contributed by atoms with Crippen LogP contribution in [0.4, 0.5) is 0 Å². The van der Waals surface area contributed by atoms with Crippen LogP contribution in [0.25, 0.3) is 0 Å². The van der Waals surface area contributed by atoms with Gasteiger partial charge in [-0.2, -0.15) is 5.48 Å². The molecule has 5 rings (SSSR count). The number of carbonyl (C=O) groups excluding carboxylic acids is 1. The van der Waals surface area contributed by atoms with Crippen LogP contribution in [-0.2, 0) is 14.4 Å². The molecule has 4 aliphatic carbocycles. The molecule has 0 amide bonds. The Hall–Kier alpha value is -0.910. The molecule has 4 fully saturated rings. The normalized spacial score (nSPS) is 50.3. The third-order valence-corrected chi connectivity index (χ3v) is 10.6. The average Bonchev–Trinajstić information content (AvgIpc) is 3.24. The standard InChI is InChI=1S/C25H39NO4/c1-23-9-7-19(26-29-3)14-17(23)4-5-21-20(23)8-10-24(2)18(6-11-25(21,24)28)12-16-13-22(27)30-15-16/h13,17-21,26,28H,4-12,14-15H2,1-3H3/t17?,18?,19-,20?,21?,23-,24+,25-/m0/s1. The van der Waals surface area contributed by atoms with E-state index in [4.69, 9.17) is 9.57 Å². The lowest BCUT2D eigenvalue weighted by Gasteiger charge is -2.63. The van der Waals surface area contributed by atoms with Gasteiger partial charge >= 0.3 is 5.97 Å². The van der Waals surface area contributed by atoms with Crippen molar-refractivity contribution in [2.24, 2.45) is 34.5 Å². The van der Waals surface area contributed by atoms with Gasteiger partial charge in [0.15, 0.2) is 0 Å². The summed E-state index contributed by atoms with van der Waals surface area (Å²) in [5.41, 5.74) is 4.08. The summed E-state index contributed by atoms with van der Waals surface area (Å²) < 4.78 is 5.15. The lowest BCUT2D eigenvalue weighted by atomic mass is 9.43. The molecule has 5 aliphatic rings. The summed E-state index contributed by atoms with van der Waals surface area (Å²) in [6.07, 6.45) is 12.9. The third-order valence-electron chi connectivity index (χ3n) is 10.6.